The second kappa shape index (κ2) is 10.5. The number of carbonyl (C=O) groups is 2. The summed E-state index contributed by atoms with van der Waals surface area (Å²) in [4.78, 5) is 30.3. The van der Waals surface area contributed by atoms with Gasteiger partial charge in [-0.15, -0.1) is 0 Å². The molecule has 0 aliphatic heterocycles. The summed E-state index contributed by atoms with van der Waals surface area (Å²) in [5, 5.41) is 6.16. The third-order valence-corrected chi connectivity index (χ3v) is 6.86. The molecule has 36 heavy (non-hydrogen) atoms. The molecule has 0 saturated carbocycles. The van der Waals surface area contributed by atoms with E-state index in [0.29, 0.717) is 31.9 Å². The highest BCUT2D eigenvalue weighted by Gasteiger charge is 2.17. The molecule has 1 aromatic heterocycles. The van der Waals surface area contributed by atoms with Crippen LogP contribution in [-0.2, 0) is 9.73 Å². The number of hydrogen-bond donors (Lipinski definition) is 3. The quantitative estimate of drug-likeness (QED) is 0.256. The first kappa shape index (κ1) is 25.4. The highest BCUT2D eigenvalue weighted by atomic mass is 35.5. The van der Waals surface area contributed by atoms with Crippen LogP contribution in [-0.4, -0.2) is 27.3 Å². The fraction of sp³-hybridized carbons (Fsp3) is 0.0385. The molecule has 0 radical (unpaired) electrons. The molecule has 3 aromatic carbocycles. The van der Waals surface area contributed by atoms with E-state index >= 15 is 0 Å². The standard InChI is InChI=1S/C26H20Cl2N4O3S/c1-36(29,35)23-5-3-2-4-20(23)16-6-8-17(9-7-16)25(33)31-22-12-10-18(27)14-21(22)26(34)32-24-13-11-19(28)15-30-24/h2-15,29H,1H3,(H,31,33)(H,30,32,34). The molecule has 4 aromatic rings. The number of halogens is 2. The average Bonchev–Trinajstić information content (AvgIpc) is 2.86. The molecule has 1 heterocycles. The minimum atomic E-state index is -2.93. The van der Waals surface area contributed by atoms with Crippen LogP contribution in [0.2, 0.25) is 10.0 Å². The Kier molecular flexibility index (Phi) is 7.40. The molecule has 4 rings (SSSR count). The summed E-state index contributed by atoms with van der Waals surface area (Å²) in [6, 6.07) is 21.4. The van der Waals surface area contributed by atoms with E-state index in [1.54, 1.807) is 72.8 Å². The normalized spacial score (nSPS) is 12.4. The zero-order valence-electron chi connectivity index (χ0n) is 18.9. The maximum absolute atomic E-state index is 13.0. The zero-order chi connectivity index (χ0) is 25.9. The van der Waals surface area contributed by atoms with E-state index in [-0.39, 0.29) is 11.3 Å². The second-order valence-corrected chi connectivity index (χ2v) is 10.9. The lowest BCUT2D eigenvalue weighted by molar-refractivity contribution is 0.102. The molecule has 0 aliphatic rings. The van der Waals surface area contributed by atoms with Gasteiger partial charge in [0.2, 0.25) is 0 Å². The molecule has 2 amide bonds. The number of carbonyl (C=O) groups excluding carboxylic acids is 2. The molecule has 1 unspecified atom stereocenters. The Bertz CT molecular complexity index is 1560. The lowest BCUT2D eigenvalue weighted by Crippen LogP contribution is -2.18. The van der Waals surface area contributed by atoms with Gasteiger partial charge in [-0.2, -0.15) is 0 Å². The number of hydrogen-bond acceptors (Lipinski definition) is 5. The van der Waals surface area contributed by atoms with Crippen LogP contribution in [0, 0.1) is 4.78 Å². The smallest absolute Gasteiger partial charge is 0.258 e. The van der Waals surface area contributed by atoms with E-state index in [1.165, 1.54) is 18.5 Å². The Balaban J connectivity index is 1.56. The number of nitrogens with one attached hydrogen (secondary N) is 3. The zero-order valence-corrected chi connectivity index (χ0v) is 21.2. The minimum Gasteiger partial charge on any atom is -0.321 e. The van der Waals surface area contributed by atoms with Crippen LogP contribution in [0.1, 0.15) is 20.7 Å². The van der Waals surface area contributed by atoms with Gasteiger partial charge in [-0.1, -0.05) is 53.5 Å². The molecule has 0 spiro atoms. The summed E-state index contributed by atoms with van der Waals surface area (Å²) in [5.74, 6) is -0.648. The minimum absolute atomic E-state index is 0.159. The maximum Gasteiger partial charge on any atom is 0.258 e. The summed E-state index contributed by atoms with van der Waals surface area (Å²) in [6.45, 7) is 0. The van der Waals surface area contributed by atoms with Gasteiger partial charge in [-0.25, -0.2) is 14.0 Å². The van der Waals surface area contributed by atoms with Crippen molar-refractivity contribution in [2.75, 3.05) is 16.9 Å². The van der Waals surface area contributed by atoms with Crippen molar-refractivity contribution in [1.82, 2.24) is 4.98 Å². The van der Waals surface area contributed by atoms with Crippen molar-refractivity contribution in [3.63, 3.8) is 0 Å². The number of pyridine rings is 1. The van der Waals surface area contributed by atoms with Crippen LogP contribution in [0.15, 0.2) is 90.0 Å². The number of rotatable bonds is 6. The number of aromatic nitrogens is 1. The van der Waals surface area contributed by atoms with Crippen molar-refractivity contribution in [3.05, 3.63) is 106 Å². The molecule has 0 fully saturated rings. The highest BCUT2D eigenvalue weighted by Crippen LogP contribution is 2.28. The number of benzene rings is 3. The monoisotopic (exact) mass is 538 g/mol. The van der Waals surface area contributed by atoms with Crippen LogP contribution >= 0.6 is 23.2 Å². The molecule has 0 aliphatic carbocycles. The summed E-state index contributed by atoms with van der Waals surface area (Å²) in [6.07, 6.45) is 2.78. The Morgan fingerprint density at radius 2 is 1.56 bits per heavy atom. The molecule has 1 atom stereocenters. The van der Waals surface area contributed by atoms with Gasteiger partial charge in [0.05, 0.1) is 30.9 Å². The molecule has 3 N–H and O–H groups in total. The van der Waals surface area contributed by atoms with Crippen molar-refractivity contribution >= 4 is 56.3 Å². The molecule has 182 valence electrons. The summed E-state index contributed by atoms with van der Waals surface area (Å²) in [7, 11) is -2.93. The van der Waals surface area contributed by atoms with Crippen LogP contribution in [0.5, 0.6) is 0 Å². The van der Waals surface area contributed by atoms with Crippen molar-refractivity contribution in [2.24, 2.45) is 0 Å². The van der Waals surface area contributed by atoms with Crippen LogP contribution < -0.4 is 10.6 Å². The Morgan fingerprint density at radius 3 is 2.22 bits per heavy atom. The molecular weight excluding hydrogens is 519 g/mol. The van der Waals surface area contributed by atoms with Crippen LogP contribution in [0.4, 0.5) is 11.5 Å². The predicted octanol–water partition coefficient (Wildman–Crippen LogP) is 6.60. The topological polar surface area (TPSA) is 112 Å². The third-order valence-electron chi connectivity index (χ3n) is 5.21. The largest absolute Gasteiger partial charge is 0.321 e. The lowest BCUT2D eigenvalue weighted by Gasteiger charge is -2.13. The second-order valence-electron chi connectivity index (χ2n) is 7.88. The van der Waals surface area contributed by atoms with E-state index in [9.17, 15) is 13.8 Å². The molecule has 0 bridgehead atoms. The summed E-state index contributed by atoms with van der Waals surface area (Å²) >= 11 is 11.9. The van der Waals surface area contributed by atoms with E-state index in [0.717, 1.165) is 5.56 Å². The van der Waals surface area contributed by atoms with Crippen LogP contribution in [0.3, 0.4) is 0 Å². The van der Waals surface area contributed by atoms with E-state index < -0.39 is 21.5 Å². The maximum atomic E-state index is 13.0. The average molecular weight is 539 g/mol. The number of amides is 2. The number of anilines is 2. The van der Waals surface area contributed by atoms with Gasteiger partial charge in [0.1, 0.15) is 5.82 Å². The first-order valence-corrected chi connectivity index (χ1v) is 13.3. The van der Waals surface area contributed by atoms with Gasteiger partial charge in [0.25, 0.3) is 11.8 Å². The molecule has 0 saturated heterocycles. The van der Waals surface area contributed by atoms with Gasteiger partial charge >= 0.3 is 0 Å². The molecule has 10 heteroatoms. The Morgan fingerprint density at radius 1 is 0.861 bits per heavy atom. The van der Waals surface area contributed by atoms with Crippen LogP contribution in [0.25, 0.3) is 11.1 Å². The van der Waals surface area contributed by atoms with Gasteiger partial charge in [0, 0.05) is 23.0 Å². The van der Waals surface area contributed by atoms with Crippen molar-refractivity contribution in [1.29, 1.82) is 4.78 Å². The molecular formula is C26H20Cl2N4O3S. The fourth-order valence-corrected chi connectivity index (χ4v) is 4.71. The van der Waals surface area contributed by atoms with E-state index in [4.69, 9.17) is 28.0 Å². The highest BCUT2D eigenvalue weighted by molar-refractivity contribution is 7.91. The van der Waals surface area contributed by atoms with Gasteiger partial charge in [-0.3, -0.25) is 9.59 Å². The van der Waals surface area contributed by atoms with E-state index in [2.05, 4.69) is 15.6 Å². The summed E-state index contributed by atoms with van der Waals surface area (Å²) < 4.78 is 20.3. The van der Waals surface area contributed by atoms with Gasteiger partial charge in [-0.05, 0) is 59.7 Å². The first-order valence-electron chi connectivity index (χ1n) is 10.6. The van der Waals surface area contributed by atoms with Gasteiger partial charge in [0.15, 0.2) is 0 Å². The Labute approximate surface area is 218 Å². The number of nitrogens with zero attached hydrogens (tertiary/aromatic N) is 1. The summed E-state index contributed by atoms with van der Waals surface area (Å²) in [5.41, 5.74) is 2.17. The fourth-order valence-electron chi connectivity index (χ4n) is 3.49. The predicted molar refractivity (Wildman–Crippen MR) is 144 cm³/mol. The third kappa shape index (κ3) is 5.91. The van der Waals surface area contributed by atoms with Crippen molar-refractivity contribution in [3.8, 4) is 11.1 Å². The lowest BCUT2D eigenvalue weighted by atomic mass is 10.0. The molecule has 7 nitrogen and oxygen atoms in total. The Hall–Kier alpha value is -3.72. The van der Waals surface area contributed by atoms with Crippen molar-refractivity contribution < 1.29 is 13.8 Å². The van der Waals surface area contributed by atoms with Crippen molar-refractivity contribution in [2.45, 2.75) is 4.90 Å². The van der Waals surface area contributed by atoms with E-state index in [1.807, 2.05) is 0 Å². The van der Waals surface area contributed by atoms with Gasteiger partial charge < -0.3 is 10.6 Å². The SMILES string of the molecule is CS(=N)(=O)c1ccccc1-c1ccc(C(=O)Nc2ccc(Cl)cc2C(=O)Nc2ccc(Cl)cn2)cc1. The first-order chi connectivity index (χ1) is 17.1.